The topological polar surface area (TPSA) is 29.1 Å². The molecular formula is C14H16F3NO. The van der Waals surface area contributed by atoms with Gasteiger partial charge >= 0.3 is 6.18 Å². The molecule has 0 bridgehead atoms. The number of allylic oxidation sites excluding steroid dienone is 1. The number of amides is 1. The van der Waals surface area contributed by atoms with Crippen LogP contribution in [-0.2, 0) is 11.0 Å². The molecule has 104 valence electrons. The van der Waals surface area contributed by atoms with Gasteiger partial charge in [0.15, 0.2) is 0 Å². The molecule has 1 atom stereocenters. The van der Waals surface area contributed by atoms with Gasteiger partial charge in [-0.25, -0.2) is 0 Å². The largest absolute Gasteiger partial charge is 0.416 e. The minimum atomic E-state index is -4.38. The fraction of sp³-hybridized carbons (Fsp3) is 0.357. The van der Waals surface area contributed by atoms with Gasteiger partial charge in [0, 0.05) is 6.08 Å². The lowest BCUT2D eigenvalue weighted by atomic mass is 10.0. The Hall–Kier alpha value is -1.78. The monoisotopic (exact) mass is 271 g/mol. The Morgan fingerprint density at radius 2 is 1.95 bits per heavy atom. The number of halogens is 3. The molecule has 2 nitrogen and oxygen atoms in total. The Labute approximate surface area is 110 Å². The SMILES string of the molecule is CC(C)=CC(=O)NC(C)c1cccc(C(F)(F)F)c1. The smallest absolute Gasteiger partial charge is 0.346 e. The molecule has 1 amide bonds. The molecule has 0 saturated carbocycles. The normalized spacial score (nSPS) is 12.7. The first kappa shape index (κ1) is 15.3. The third-order valence-corrected chi connectivity index (χ3v) is 2.49. The van der Waals surface area contributed by atoms with E-state index in [4.69, 9.17) is 0 Å². The Morgan fingerprint density at radius 3 is 2.47 bits per heavy atom. The molecule has 1 rings (SSSR count). The molecule has 0 aliphatic rings. The molecule has 1 aromatic rings. The molecule has 0 fully saturated rings. The fourth-order valence-electron chi connectivity index (χ4n) is 1.58. The van der Waals surface area contributed by atoms with E-state index < -0.39 is 17.8 Å². The minimum absolute atomic E-state index is 0.315. The van der Waals surface area contributed by atoms with Crippen LogP contribution in [0, 0.1) is 0 Å². The number of hydrogen-bond donors (Lipinski definition) is 1. The van der Waals surface area contributed by atoms with Crippen molar-refractivity contribution in [1.82, 2.24) is 5.32 Å². The second kappa shape index (κ2) is 5.91. The number of alkyl halides is 3. The third-order valence-electron chi connectivity index (χ3n) is 2.49. The van der Waals surface area contributed by atoms with Gasteiger partial charge in [-0.05, 0) is 38.5 Å². The molecule has 1 aromatic carbocycles. The maximum atomic E-state index is 12.6. The van der Waals surface area contributed by atoms with Gasteiger partial charge in [-0.1, -0.05) is 17.7 Å². The van der Waals surface area contributed by atoms with Crippen molar-refractivity contribution in [1.29, 1.82) is 0 Å². The lowest BCUT2D eigenvalue weighted by Crippen LogP contribution is -2.25. The van der Waals surface area contributed by atoms with E-state index in [0.29, 0.717) is 5.56 Å². The summed E-state index contributed by atoms with van der Waals surface area (Å²) in [7, 11) is 0. The lowest BCUT2D eigenvalue weighted by molar-refractivity contribution is -0.137. The molecule has 5 heteroatoms. The van der Waals surface area contributed by atoms with Crippen molar-refractivity contribution >= 4 is 5.91 Å². The molecular weight excluding hydrogens is 255 g/mol. The molecule has 0 spiro atoms. The zero-order chi connectivity index (χ0) is 14.6. The van der Waals surface area contributed by atoms with Gasteiger partial charge in [-0.15, -0.1) is 0 Å². The van der Waals surface area contributed by atoms with Crippen LogP contribution < -0.4 is 5.32 Å². The van der Waals surface area contributed by atoms with E-state index in [9.17, 15) is 18.0 Å². The van der Waals surface area contributed by atoms with E-state index in [0.717, 1.165) is 17.7 Å². The second-order valence-electron chi connectivity index (χ2n) is 4.58. The Bertz CT molecular complexity index is 488. The minimum Gasteiger partial charge on any atom is -0.346 e. The number of rotatable bonds is 3. The highest BCUT2D eigenvalue weighted by Crippen LogP contribution is 2.30. The third kappa shape index (κ3) is 4.77. The van der Waals surface area contributed by atoms with Crippen LogP contribution in [0.1, 0.15) is 37.9 Å². The highest BCUT2D eigenvalue weighted by atomic mass is 19.4. The van der Waals surface area contributed by atoms with Crippen molar-refractivity contribution in [3.05, 3.63) is 47.0 Å². The lowest BCUT2D eigenvalue weighted by Gasteiger charge is -2.15. The van der Waals surface area contributed by atoms with Gasteiger partial charge in [0.1, 0.15) is 0 Å². The Balaban J connectivity index is 2.86. The Morgan fingerprint density at radius 1 is 1.32 bits per heavy atom. The molecule has 0 aliphatic carbocycles. The highest BCUT2D eigenvalue weighted by Gasteiger charge is 2.30. The zero-order valence-corrected chi connectivity index (χ0v) is 11.0. The molecule has 1 N–H and O–H groups in total. The van der Waals surface area contributed by atoms with Crippen LogP contribution >= 0.6 is 0 Å². The van der Waals surface area contributed by atoms with E-state index in [1.54, 1.807) is 26.8 Å². The van der Waals surface area contributed by atoms with E-state index in [1.807, 2.05) is 0 Å². The summed E-state index contributed by atoms with van der Waals surface area (Å²) >= 11 is 0. The predicted molar refractivity (Wildman–Crippen MR) is 67.4 cm³/mol. The molecule has 0 radical (unpaired) electrons. The van der Waals surface area contributed by atoms with Crippen LogP contribution in [0.25, 0.3) is 0 Å². The molecule has 0 saturated heterocycles. The van der Waals surface area contributed by atoms with Crippen molar-refractivity contribution in [2.75, 3.05) is 0 Å². The quantitative estimate of drug-likeness (QED) is 0.831. The Kier molecular flexibility index (Phi) is 4.75. The van der Waals surface area contributed by atoms with E-state index in [1.165, 1.54) is 12.1 Å². The number of carbonyl (C=O) groups excluding carboxylic acids is 1. The summed E-state index contributed by atoms with van der Waals surface area (Å²) in [5, 5.41) is 2.62. The summed E-state index contributed by atoms with van der Waals surface area (Å²) in [6.45, 7) is 5.19. The van der Waals surface area contributed by atoms with Gasteiger partial charge in [-0.2, -0.15) is 13.2 Å². The molecule has 0 aromatic heterocycles. The number of nitrogens with one attached hydrogen (secondary N) is 1. The van der Waals surface area contributed by atoms with Crippen molar-refractivity contribution in [2.24, 2.45) is 0 Å². The number of carbonyl (C=O) groups is 1. The summed E-state index contributed by atoms with van der Waals surface area (Å²) in [5.74, 6) is -0.315. The molecule has 0 aliphatic heterocycles. The van der Waals surface area contributed by atoms with Gasteiger partial charge < -0.3 is 5.32 Å². The second-order valence-corrected chi connectivity index (χ2v) is 4.58. The van der Waals surface area contributed by atoms with Crippen LogP contribution in [0.4, 0.5) is 13.2 Å². The van der Waals surface area contributed by atoms with Crippen molar-refractivity contribution in [3.8, 4) is 0 Å². The first-order valence-electron chi connectivity index (χ1n) is 5.82. The predicted octanol–water partition coefficient (Wildman–Crippen LogP) is 3.85. The first-order chi connectivity index (χ1) is 8.70. The van der Waals surface area contributed by atoms with Gasteiger partial charge in [0.05, 0.1) is 11.6 Å². The van der Waals surface area contributed by atoms with Gasteiger partial charge in [-0.3, -0.25) is 4.79 Å². The van der Waals surface area contributed by atoms with E-state index >= 15 is 0 Å². The summed E-state index contributed by atoms with van der Waals surface area (Å²) in [6, 6.07) is 4.47. The van der Waals surface area contributed by atoms with E-state index in [2.05, 4.69) is 5.32 Å². The summed E-state index contributed by atoms with van der Waals surface area (Å²) in [5.41, 5.74) is 0.535. The fourth-order valence-corrected chi connectivity index (χ4v) is 1.58. The van der Waals surface area contributed by atoms with Crippen LogP contribution in [0.15, 0.2) is 35.9 Å². The van der Waals surface area contributed by atoms with E-state index in [-0.39, 0.29) is 5.91 Å². The van der Waals surface area contributed by atoms with Crippen molar-refractivity contribution < 1.29 is 18.0 Å². The standard InChI is InChI=1S/C14H16F3NO/c1-9(2)7-13(19)18-10(3)11-5-4-6-12(8-11)14(15,16)17/h4-8,10H,1-3H3,(H,18,19). The van der Waals surface area contributed by atoms with Gasteiger partial charge in [0.2, 0.25) is 5.91 Å². The summed E-state index contributed by atoms with van der Waals surface area (Å²) in [4.78, 5) is 11.5. The summed E-state index contributed by atoms with van der Waals surface area (Å²) in [6.07, 6.45) is -2.97. The van der Waals surface area contributed by atoms with Gasteiger partial charge in [0.25, 0.3) is 0 Å². The first-order valence-corrected chi connectivity index (χ1v) is 5.82. The maximum absolute atomic E-state index is 12.6. The average molecular weight is 271 g/mol. The average Bonchev–Trinajstić information content (AvgIpc) is 2.26. The number of hydrogen-bond acceptors (Lipinski definition) is 1. The molecule has 19 heavy (non-hydrogen) atoms. The van der Waals surface area contributed by atoms with Crippen molar-refractivity contribution in [2.45, 2.75) is 33.0 Å². The van der Waals surface area contributed by atoms with Crippen LogP contribution in [-0.4, -0.2) is 5.91 Å². The molecule has 1 unspecified atom stereocenters. The van der Waals surface area contributed by atoms with Crippen molar-refractivity contribution in [3.63, 3.8) is 0 Å². The molecule has 0 heterocycles. The highest BCUT2D eigenvalue weighted by molar-refractivity contribution is 5.88. The van der Waals surface area contributed by atoms with Crippen LogP contribution in [0.5, 0.6) is 0 Å². The summed E-state index contributed by atoms with van der Waals surface area (Å²) < 4.78 is 37.7. The number of benzene rings is 1. The van der Waals surface area contributed by atoms with Crippen LogP contribution in [0.2, 0.25) is 0 Å². The van der Waals surface area contributed by atoms with Crippen LogP contribution in [0.3, 0.4) is 0 Å². The zero-order valence-electron chi connectivity index (χ0n) is 11.0. The maximum Gasteiger partial charge on any atom is 0.416 e.